The summed E-state index contributed by atoms with van der Waals surface area (Å²) in [6.45, 7) is 2.36. The zero-order chi connectivity index (χ0) is 31.5. The molecular formula is C44H30N2S. The molecule has 0 radical (unpaired) electrons. The fraction of sp³-hybridized carbons (Fsp3) is 0.0682. The minimum Gasteiger partial charge on any atom is -0.309 e. The van der Waals surface area contributed by atoms with Crippen LogP contribution in [-0.4, -0.2) is 4.57 Å². The maximum Gasteiger partial charge on any atom is 0.0991 e. The lowest BCUT2D eigenvalue weighted by atomic mass is 9.76. The van der Waals surface area contributed by atoms with Gasteiger partial charge in [0, 0.05) is 36.6 Å². The van der Waals surface area contributed by atoms with E-state index in [-0.39, 0.29) is 0 Å². The first-order chi connectivity index (χ1) is 23.2. The van der Waals surface area contributed by atoms with Gasteiger partial charge in [0.1, 0.15) is 0 Å². The summed E-state index contributed by atoms with van der Waals surface area (Å²) in [6.07, 6.45) is 3.43. The van der Waals surface area contributed by atoms with E-state index in [1.54, 1.807) is 0 Å². The first-order valence-corrected chi connectivity index (χ1v) is 17.0. The number of nitrogens with zero attached hydrogens (tertiary/aromatic N) is 2. The summed E-state index contributed by atoms with van der Waals surface area (Å²) in [5, 5.41) is 14.5. The standard InChI is InChI=1S/C44H30N2S/c1-28-18-21-34(31-12-9-13-33(25-31)46-39-16-7-5-14-35(39)37-24-29(27-45)19-22-40(37)46)44(43(28)30-10-3-2-4-11-30)32-20-23-42-38(26-32)36-15-6-8-17-41(36)47-42/h2-17,19-26,28H,18H2,1H3. The number of nitriles is 1. The van der Waals surface area contributed by atoms with Gasteiger partial charge in [-0.05, 0) is 100 Å². The summed E-state index contributed by atoms with van der Waals surface area (Å²) in [5.41, 5.74) is 11.7. The number of aromatic nitrogens is 1. The fourth-order valence-corrected chi connectivity index (χ4v) is 8.63. The van der Waals surface area contributed by atoms with Crippen LogP contribution >= 0.6 is 11.3 Å². The number of fused-ring (bicyclic) bond motifs is 6. The largest absolute Gasteiger partial charge is 0.309 e. The van der Waals surface area contributed by atoms with Crippen molar-refractivity contribution in [3.05, 3.63) is 168 Å². The molecule has 0 bridgehead atoms. The molecule has 2 aromatic heterocycles. The Morgan fingerprint density at radius 1 is 0.617 bits per heavy atom. The monoisotopic (exact) mass is 618 g/mol. The van der Waals surface area contributed by atoms with Crippen molar-refractivity contribution in [2.75, 3.05) is 0 Å². The van der Waals surface area contributed by atoms with Crippen LogP contribution in [0.15, 0.2) is 146 Å². The molecule has 1 aliphatic rings. The topological polar surface area (TPSA) is 28.7 Å². The molecule has 0 fully saturated rings. The Bertz CT molecular complexity index is 2620. The summed E-state index contributed by atoms with van der Waals surface area (Å²) < 4.78 is 4.98. The summed E-state index contributed by atoms with van der Waals surface area (Å²) in [5.74, 6) is 0.376. The van der Waals surface area contributed by atoms with Gasteiger partial charge in [-0.15, -0.1) is 11.3 Å². The maximum atomic E-state index is 9.65. The third kappa shape index (κ3) is 4.45. The molecule has 47 heavy (non-hydrogen) atoms. The Kier molecular flexibility index (Phi) is 6.45. The second-order valence-corrected chi connectivity index (χ2v) is 13.5. The summed E-state index contributed by atoms with van der Waals surface area (Å²) in [7, 11) is 0. The van der Waals surface area contributed by atoms with Gasteiger partial charge in [0.2, 0.25) is 0 Å². The molecule has 0 amide bonds. The molecule has 2 nitrogen and oxygen atoms in total. The first-order valence-electron chi connectivity index (χ1n) is 16.1. The molecule has 0 aliphatic heterocycles. The summed E-state index contributed by atoms with van der Waals surface area (Å²) >= 11 is 1.87. The molecule has 1 atom stereocenters. The first kappa shape index (κ1) is 27.6. The molecule has 0 saturated heterocycles. The average Bonchev–Trinajstić information content (AvgIpc) is 3.67. The Morgan fingerprint density at radius 3 is 2.23 bits per heavy atom. The molecule has 9 rings (SSSR count). The highest BCUT2D eigenvalue weighted by Crippen LogP contribution is 2.47. The van der Waals surface area contributed by atoms with Crippen LogP contribution in [0.4, 0.5) is 0 Å². The van der Waals surface area contributed by atoms with Crippen LogP contribution < -0.4 is 0 Å². The molecular weight excluding hydrogens is 589 g/mol. The van der Waals surface area contributed by atoms with Crippen molar-refractivity contribution in [1.82, 2.24) is 4.57 Å². The van der Waals surface area contributed by atoms with E-state index in [1.165, 1.54) is 53.6 Å². The van der Waals surface area contributed by atoms with Gasteiger partial charge >= 0.3 is 0 Å². The van der Waals surface area contributed by atoms with Crippen molar-refractivity contribution in [2.24, 2.45) is 5.92 Å². The van der Waals surface area contributed by atoms with E-state index in [0.29, 0.717) is 11.5 Å². The summed E-state index contributed by atoms with van der Waals surface area (Å²) in [6, 6.07) is 52.6. The molecule has 0 spiro atoms. The maximum absolute atomic E-state index is 9.65. The Hall–Kier alpha value is -5.69. The molecule has 8 aromatic rings. The number of para-hydroxylation sites is 1. The smallest absolute Gasteiger partial charge is 0.0991 e. The minimum absolute atomic E-state index is 0.376. The molecule has 6 aromatic carbocycles. The molecule has 2 heterocycles. The Balaban J connectivity index is 1.28. The van der Waals surface area contributed by atoms with Gasteiger partial charge in [0.25, 0.3) is 0 Å². The van der Waals surface area contributed by atoms with Crippen molar-refractivity contribution in [1.29, 1.82) is 5.26 Å². The van der Waals surface area contributed by atoms with Gasteiger partial charge in [-0.25, -0.2) is 0 Å². The van der Waals surface area contributed by atoms with E-state index in [1.807, 2.05) is 23.5 Å². The SMILES string of the molecule is CC1CC=C(c2cccc(-n3c4ccccc4c4cc(C#N)ccc43)c2)C(c2ccc3sc4ccccc4c3c2)=C1c1ccccc1. The van der Waals surface area contributed by atoms with Crippen molar-refractivity contribution < 1.29 is 0 Å². The predicted octanol–water partition coefficient (Wildman–Crippen LogP) is 12.1. The third-order valence-corrected chi connectivity index (χ3v) is 10.8. The normalized spacial score (nSPS) is 15.1. The Labute approximate surface area is 277 Å². The van der Waals surface area contributed by atoms with Crippen LogP contribution in [0.3, 0.4) is 0 Å². The van der Waals surface area contributed by atoms with Gasteiger partial charge < -0.3 is 4.57 Å². The van der Waals surface area contributed by atoms with Crippen LogP contribution in [0.25, 0.3) is 64.4 Å². The number of hydrogen-bond donors (Lipinski definition) is 0. The zero-order valence-electron chi connectivity index (χ0n) is 25.9. The number of allylic oxidation sites excluding steroid dienone is 4. The highest BCUT2D eigenvalue weighted by molar-refractivity contribution is 7.25. The van der Waals surface area contributed by atoms with Crippen molar-refractivity contribution >= 4 is 70.0 Å². The third-order valence-electron chi connectivity index (χ3n) is 9.67. The Morgan fingerprint density at radius 2 is 1.36 bits per heavy atom. The van der Waals surface area contributed by atoms with Gasteiger partial charge in [0.15, 0.2) is 0 Å². The second kappa shape index (κ2) is 11.0. The van der Waals surface area contributed by atoms with Crippen molar-refractivity contribution in [3.8, 4) is 11.8 Å². The van der Waals surface area contributed by atoms with Gasteiger partial charge in [0.05, 0.1) is 22.7 Å². The quantitative estimate of drug-likeness (QED) is 0.193. The molecule has 0 saturated carbocycles. The number of thiophene rings is 1. The van der Waals surface area contributed by atoms with Crippen LogP contribution in [-0.2, 0) is 0 Å². The molecule has 0 N–H and O–H groups in total. The molecule has 1 aliphatic carbocycles. The lowest BCUT2D eigenvalue weighted by Gasteiger charge is -2.28. The van der Waals surface area contributed by atoms with Gasteiger partial charge in [-0.1, -0.05) is 97.9 Å². The second-order valence-electron chi connectivity index (χ2n) is 12.5. The van der Waals surface area contributed by atoms with E-state index in [2.05, 4.69) is 151 Å². The molecule has 3 heteroatoms. The van der Waals surface area contributed by atoms with Crippen LogP contribution in [0.5, 0.6) is 0 Å². The highest BCUT2D eigenvalue weighted by atomic mass is 32.1. The van der Waals surface area contributed by atoms with Crippen LogP contribution in [0, 0.1) is 17.2 Å². The molecule has 222 valence electrons. The predicted molar refractivity (Wildman–Crippen MR) is 200 cm³/mol. The van der Waals surface area contributed by atoms with Gasteiger partial charge in [-0.3, -0.25) is 0 Å². The number of benzene rings is 6. The van der Waals surface area contributed by atoms with Gasteiger partial charge in [-0.2, -0.15) is 5.26 Å². The minimum atomic E-state index is 0.376. The number of rotatable bonds is 4. The van der Waals surface area contributed by atoms with Crippen LogP contribution in [0.1, 0.15) is 35.6 Å². The van der Waals surface area contributed by atoms with E-state index in [4.69, 9.17) is 0 Å². The summed E-state index contributed by atoms with van der Waals surface area (Å²) in [4.78, 5) is 0. The van der Waals surface area contributed by atoms with E-state index >= 15 is 0 Å². The van der Waals surface area contributed by atoms with Crippen molar-refractivity contribution in [2.45, 2.75) is 13.3 Å². The lowest BCUT2D eigenvalue weighted by molar-refractivity contribution is 0.763. The van der Waals surface area contributed by atoms with E-state index < -0.39 is 0 Å². The van der Waals surface area contributed by atoms with E-state index in [0.717, 1.165) is 33.9 Å². The molecule has 1 unspecified atom stereocenters. The van der Waals surface area contributed by atoms with Crippen molar-refractivity contribution in [3.63, 3.8) is 0 Å². The highest BCUT2D eigenvalue weighted by Gasteiger charge is 2.26. The lowest BCUT2D eigenvalue weighted by Crippen LogP contribution is -2.09. The average molecular weight is 619 g/mol. The fourth-order valence-electron chi connectivity index (χ4n) is 7.54. The van der Waals surface area contributed by atoms with E-state index in [9.17, 15) is 5.26 Å². The number of hydrogen-bond acceptors (Lipinski definition) is 2. The van der Waals surface area contributed by atoms with Crippen LogP contribution in [0.2, 0.25) is 0 Å². The zero-order valence-corrected chi connectivity index (χ0v) is 26.8.